The number of aliphatic carboxylic acids is 1. The van der Waals surface area contributed by atoms with E-state index in [0.717, 1.165) is 0 Å². The molecule has 4 N–H and O–H groups in total. The fourth-order valence-electron chi connectivity index (χ4n) is 0.907. The van der Waals surface area contributed by atoms with Crippen molar-refractivity contribution in [2.75, 3.05) is 0 Å². The molecule has 1 aromatic rings. The SMILES string of the molecule is NC(C(=O)O)c1cc(F)c(O)c(F)c1. The minimum Gasteiger partial charge on any atom is -0.503 e. The Morgan fingerprint density at radius 2 is 1.79 bits per heavy atom. The highest BCUT2D eigenvalue weighted by Gasteiger charge is 2.18. The quantitative estimate of drug-likeness (QED) is 0.662. The van der Waals surface area contributed by atoms with Crippen LogP contribution in [0.5, 0.6) is 5.75 Å². The van der Waals surface area contributed by atoms with E-state index in [2.05, 4.69) is 0 Å². The van der Waals surface area contributed by atoms with Crippen LogP contribution in [0.1, 0.15) is 11.6 Å². The summed E-state index contributed by atoms with van der Waals surface area (Å²) < 4.78 is 25.5. The number of rotatable bonds is 2. The van der Waals surface area contributed by atoms with Crippen molar-refractivity contribution in [1.82, 2.24) is 0 Å². The average Bonchev–Trinajstić information content (AvgIpc) is 2.12. The smallest absolute Gasteiger partial charge is 0.325 e. The van der Waals surface area contributed by atoms with E-state index in [4.69, 9.17) is 15.9 Å². The Hall–Kier alpha value is -1.69. The molecule has 0 aliphatic rings. The van der Waals surface area contributed by atoms with Crippen molar-refractivity contribution in [1.29, 1.82) is 0 Å². The number of aromatic hydroxyl groups is 1. The van der Waals surface area contributed by atoms with Gasteiger partial charge < -0.3 is 15.9 Å². The minimum atomic E-state index is -1.51. The van der Waals surface area contributed by atoms with Gasteiger partial charge in [0.1, 0.15) is 6.04 Å². The topological polar surface area (TPSA) is 83.6 Å². The summed E-state index contributed by atoms with van der Waals surface area (Å²) in [5, 5.41) is 17.2. The third-order valence-electron chi connectivity index (χ3n) is 1.66. The molecule has 1 unspecified atom stereocenters. The summed E-state index contributed by atoms with van der Waals surface area (Å²) >= 11 is 0. The number of phenolic OH excluding ortho intramolecular Hbond substituents is 1. The zero-order valence-corrected chi connectivity index (χ0v) is 6.87. The number of hydrogen-bond acceptors (Lipinski definition) is 3. The van der Waals surface area contributed by atoms with Crippen LogP contribution < -0.4 is 5.73 Å². The number of nitrogens with two attached hydrogens (primary N) is 1. The molecule has 0 spiro atoms. The molecule has 1 atom stereocenters. The van der Waals surface area contributed by atoms with E-state index in [0.29, 0.717) is 12.1 Å². The van der Waals surface area contributed by atoms with E-state index in [1.54, 1.807) is 0 Å². The molecule has 0 saturated heterocycles. The van der Waals surface area contributed by atoms with Crippen LogP contribution in [-0.2, 0) is 4.79 Å². The van der Waals surface area contributed by atoms with Gasteiger partial charge in [-0.2, -0.15) is 0 Å². The maximum atomic E-state index is 12.7. The summed E-state index contributed by atoms with van der Waals surface area (Å²) in [5.74, 6) is -5.03. The maximum absolute atomic E-state index is 12.7. The molecule has 0 amide bonds. The molecule has 0 heterocycles. The first-order valence-electron chi connectivity index (χ1n) is 3.59. The fourth-order valence-corrected chi connectivity index (χ4v) is 0.907. The molecule has 0 aliphatic carbocycles. The lowest BCUT2D eigenvalue weighted by molar-refractivity contribution is -0.138. The van der Waals surface area contributed by atoms with Crippen LogP contribution in [-0.4, -0.2) is 16.2 Å². The van der Waals surface area contributed by atoms with Crippen LogP contribution in [0.3, 0.4) is 0 Å². The molecular weight excluding hydrogens is 196 g/mol. The van der Waals surface area contributed by atoms with Crippen molar-refractivity contribution in [3.05, 3.63) is 29.3 Å². The molecule has 0 radical (unpaired) electrons. The van der Waals surface area contributed by atoms with Crippen molar-refractivity contribution in [2.24, 2.45) is 5.73 Å². The fraction of sp³-hybridized carbons (Fsp3) is 0.125. The first kappa shape index (κ1) is 10.4. The number of carboxylic acids is 1. The molecule has 0 aliphatic heterocycles. The van der Waals surface area contributed by atoms with E-state index >= 15 is 0 Å². The van der Waals surface area contributed by atoms with Crippen molar-refractivity contribution >= 4 is 5.97 Å². The standard InChI is InChI=1S/C8H7F2NO3/c9-4-1-3(6(11)8(13)14)2-5(10)7(4)12/h1-2,6,12H,11H2,(H,13,14). The monoisotopic (exact) mass is 203 g/mol. The van der Waals surface area contributed by atoms with E-state index in [1.165, 1.54) is 0 Å². The Balaban J connectivity index is 3.19. The van der Waals surface area contributed by atoms with Crippen molar-refractivity contribution in [2.45, 2.75) is 6.04 Å². The van der Waals surface area contributed by atoms with Gasteiger partial charge in [0.15, 0.2) is 17.4 Å². The van der Waals surface area contributed by atoms with Gasteiger partial charge in [-0.3, -0.25) is 4.79 Å². The lowest BCUT2D eigenvalue weighted by Gasteiger charge is -2.07. The molecular formula is C8H7F2NO3. The van der Waals surface area contributed by atoms with Gasteiger partial charge in [-0.1, -0.05) is 0 Å². The third-order valence-corrected chi connectivity index (χ3v) is 1.66. The number of carbonyl (C=O) groups is 1. The Labute approximate surface area is 77.6 Å². The van der Waals surface area contributed by atoms with Gasteiger partial charge in [-0.05, 0) is 17.7 Å². The zero-order chi connectivity index (χ0) is 10.9. The van der Waals surface area contributed by atoms with Gasteiger partial charge in [0, 0.05) is 0 Å². The number of benzene rings is 1. The lowest BCUT2D eigenvalue weighted by Crippen LogP contribution is -2.20. The summed E-state index contributed by atoms with van der Waals surface area (Å²) in [6, 6.07) is -0.159. The van der Waals surface area contributed by atoms with Crippen LogP contribution in [0, 0.1) is 11.6 Å². The second-order valence-electron chi connectivity index (χ2n) is 2.65. The van der Waals surface area contributed by atoms with Gasteiger partial charge in [-0.15, -0.1) is 0 Å². The third kappa shape index (κ3) is 1.80. The van der Waals surface area contributed by atoms with Gasteiger partial charge in [0.25, 0.3) is 0 Å². The molecule has 14 heavy (non-hydrogen) atoms. The first-order chi connectivity index (χ1) is 6.43. The Morgan fingerprint density at radius 1 is 1.36 bits per heavy atom. The highest BCUT2D eigenvalue weighted by atomic mass is 19.1. The first-order valence-corrected chi connectivity index (χ1v) is 3.59. The van der Waals surface area contributed by atoms with Crippen molar-refractivity contribution in [3.63, 3.8) is 0 Å². The lowest BCUT2D eigenvalue weighted by atomic mass is 10.1. The summed E-state index contributed by atoms with van der Waals surface area (Å²) in [6.45, 7) is 0. The number of hydrogen-bond donors (Lipinski definition) is 3. The number of halogens is 2. The molecule has 0 fully saturated rings. The van der Waals surface area contributed by atoms with Crippen molar-refractivity contribution in [3.8, 4) is 5.75 Å². The molecule has 1 rings (SSSR count). The second kappa shape index (κ2) is 3.59. The number of phenols is 1. The van der Waals surface area contributed by atoms with E-state index in [9.17, 15) is 13.6 Å². The minimum absolute atomic E-state index is 0.245. The van der Waals surface area contributed by atoms with Crippen molar-refractivity contribution < 1.29 is 23.8 Å². The molecule has 0 saturated carbocycles. The van der Waals surface area contributed by atoms with Gasteiger partial charge in [0.2, 0.25) is 0 Å². The second-order valence-corrected chi connectivity index (χ2v) is 2.65. The van der Waals surface area contributed by atoms with E-state index in [-0.39, 0.29) is 5.56 Å². The zero-order valence-electron chi connectivity index (χ0n) is 6.87. The molecule has 6 heteroatoms. The maximum Gasteiger partial charge on any atom is 0.325 e. The molecule has 1 aromatic carbocycles. The van der Waals surface area contributed by atoms with E-state index < -0.39 is 29.4 Å². The molecule has 76 valence electrons. The highest BCUT2D eigenvalue weighted by Crippen LogP contribution is 2.23. The summed E-state index contributed by atoms with van der Waals surface area (Å²) in [4.78, 5) is 10.4. The Bertz CT molecular complexity index is 358. The van der Waals surface area contributed by atoms with Gasteiger partial charge in [0.05, 0.1) is 0 Å². The normalized spacial score (nSPS) is 12.5. The summed E-state index contributed by atoms with van der Waals surface area (Å²) in [7, 11) is 0. The van der Waals surface area contributed by atoms with Crippen LogP contribution >= 0.6 is 0 Å². The van der Waals surface area contributed by atoms with E-state index in [1.807, 2.05) is 0 Å². The molecule has 0 bridgehead atoms. The Kier molecular flexibility index (Phi) is 2.66. The largest absolute Gasteiger partial charge is 0.503 e. The molecule has 4 nitrogen and oxygen atoms in total. The predicted octanol–water partition coefficient (Wildman–Crippen LogP) is 0.755. The van der Waals surface area contributed by atoms with Crippen LogP contribution in [0.2, 0.25) is 0 Å². The van der Waals surface area contributed by atoms with Crippen LogP contribution in [0.25, 0.3) is 0 Å². The summed E-state index contributed by atoms with van der Waals surface area (Å²) in [5.41, 5.74) is 4.87. The van der Waals surface area contributed by atoms with Gasteiger partial charge >= 0.3 is 5.97 Å². The Morgan fingerprint density at radius 3 is 2.14 bits per heavy atom. The van der Waals surface area contributed by atoms with Crippen LogP contribution in [0.4, 0.5) is 8.78 Å². The highest BCUT2D eigenvalue weighted by molar-refractivity contribution is 5.75. The summed E-state index contributed by atoms with van der Waals surface area (Å²) in [6.07, 6.45) is 0. The van der Waals surface area contributed by atoms with Gasteiger partial charge in [-0.25, -0.2) is 8.78 Å². The van der Waals surface area contributed by atoms with Crippen LogP contribution in [0.15, 0.2) is 12.1 Å². The molecule has 0 aromatic heterocycles. The average molecular weight is 203 g/mol. The number of carboxylic acid groups (broad SMARTS) is 1. The predicted molar refractivity (Wildman–Crippen MR) is 42.6 cm³/mol.